The van der Waals surface area contributed by atoms with Crippen LogP contribution in [0.4, 0.5) is 14.5 Å². The molecule has 2 rings (SSSR count). The molecule has 1 amide bonds. The van der Waals surface area contributed by atoms with Crippen molar-refractivity contribution in [1.82, 2.24) is 0 Å². The van der Waals surface area contributed by atoms with Crippen molar-refractivity contribution in [2.24, 2.45) is 0 Å². The molecule has 0 aliphatic rings. The number of anilines is 1. The Bertz CT molecular complexity index is 667. The first-order chi connectivity index (χ1) is 10.5. The van der Waals surface area contributed by atoms with Crippen LogP contribution in [0.3, 0.4) is 0 Å². The zero-order valence-corrected chi connectivity index (χ0v) is 11.7. The summed E-state index contributed by atoms with van der Waals surface area (Å²) in [5.74, 6) is -1.50. The van der Waals surface area contributed by atoms with E-state index in [1.54, 1.807) is 24.3 Å². The monoisotopic (exact) mass is 305 g/mol. The summed E-state index contributed by atoms with van der Waals surface area (Å²) < 4.78 is 28.2. The van der Waals surface area contributed by atoms with E-state index in [1.807, 2.05) is 6.92 Å². The van der Waals surface area contributed by atoms with Crippen LogP contribution in [-0.4, -0.2) is 18.3 Å². The van der Waals surface area contributed by atoms with Crippen molar-refractivity contribution in [3.05, 3.63) is 59.7 Å². The third-order valence-corrected chi connectivity index (χ3v) is 2.86. The fraction of sp³-hybridized carbons (Fsp3) is 0.125. The third-order valence-electron chi connectivity index (χ3n) is 2.86. The molecule has 22 heavy (non-hydrogen) atoms. The second-order valence-electron chi connectivity index (χ2n) is 4.55. The number of ether oxygens (including phenoxy) is 1. The lowest BCUT2D eigenvalue weighted by atomic mass is 10.1. The van der Waals surface area contributed by atoms with E-state index in [0.29, 0.717) is 5.69 Å². The number of alkyl halides is 2. The van der Waals surface area contributed by atoms with Gasteiger partial charge >= 0.3 is 6.61 Å². The molecule has 2 aromatic rings. The first-order valence-corrected chi connectivity index (χ1v) is 6.43. The van der Waals surface area contributed by atoms with E-state index in [-0.39, 0.29) is 11.3 Å². The molecule has 2 aromatic carbocycles. The topological polar surface area (TPSA) is 55.4 Å². The molecule has 0 atom stereocenters. The van der Waals surface area contributed by atoms with Gasteiger partial charge in [0.1, 0.15) is 5.75 Å². The summed E-state index contributed by atoms with van der Waals surface area (Å²) in [6.07, 6.45) is 0. The highest BCUT2D eigenvalue weighted by Crippen LogP contribution is 2.18. The van der Waals surface area contributed by atoms with E-state index in [2.05, 4.69) is 10.1 Å². The number of ketones is 1. The van der Waals surface area contributed by atoms with Crippen molar-refractivity contribution >= 4 is 17.4 Å². The Balaban J connectivity index is 2.02. The molecule has 0 aromatic heterocycles. The third kappa shape index (κ3) is 4.12. The molecule has 0 radical (unpaired) electrons. The molecular weight excluding hydrogens is 292 g/mol. The highest BCUT2D eigenvalue weighted by molar-refractivity contribution is 6.46. The van der Waals surface area contributed by atoms with Crippen molar-refractivity contribution in [2.75, 3.05) is 5.32 Å². The number of halogens is 2. The van der Waals surface area contributed by atoms with Gasteiger partial charge in [0.25, 0.3) is 11.7 Å². The fourth-order valence-corrected chi connectivity index (χ4v) is 1.74. The molecular formula is C16H13F2NO3. The van der Waals surface area contributed by atoms with Gasteiger partial charge in [0.2, 0.25) is 0 Å². The van der Waals surface area contributed by atoms with Crippen molar-refractivity contribution in [1.29, 1.82) is 0 Å². The van der Waals surface area contributed by atoms with Gasteiger partial charge in [0.05, 0.1) is 0 Å². The van der Waals surface area contributed by atoms with Crippen LogP contribution in [-0.2, 0) is 4.79 Å². The quantitative estimate of drug-likeness (QED) is 0.680. The molecule has 0 bridgehead atoms. The summed E-state index contributed by atoms with van der Waals surface area (Å²) in [5.41, 5.74) is 1.57. The van der Waals surface area contributed by atoms with Gasteiger partial charge in [-0.2, -0.15) is 8.78 Å². The molecule has 6 heteroatoms. The van der Waals surface area contributed by atoms with E-state index in [9.17, 15) is 18.4 Å². The summed E-state index contributed by atoms with van der Waals surface area (Å²) >= 11 is 0. The van der Waals surface area contributed by atoms with Crippen LogP contribution in [0, 0.1) is 6.92 Å². The van der Waals surface area contributed by atoms with Gasteiger partial charge in [-0.15, -0.1) is 0 Å². The summed E-state index contributed by atoms with van der Waals surface area (Å²) in [5, 5.41) is 2.40. The summed E-state index contributed by atoms with van der Waals surface area (Å²) in [4.78, 5) is 23.8. The molecule has 0 fully saturated rings. The average molecular weight is 305 g/mol. The van der Waals surface area contributed by atoms with Crippen molar-refractivity contribution in [2.45, 2.75) is 13.5 Å². The second kappa shape index (κ2) is 6.80. The number of hydrogen-bond acceptors (Lipinski definition) is 3. The molecule has 0 unspecified atom stereocenters. The number of aryl methyl sites for hydroxylation is 1. The number of benzene rings is 2. The number of rotatable bonds is 5. The highest BCUT2D eigenvalue weighted by Gasteiger charge is 2.16. The molecule has 114 valence electrons. The van der Waals surface area contributed by atoms with Gasteiger partial charge in [-0.3, -0.25) is 9.59 Å². The largest absolute Gasteiger partial charge is 0.435 e. The zero-order valence-electron chi connectivity index (χ0n) is 11.7. The number of carbonyl (C=O) groups excluding carboxylic acids is 2. The van der Waals surface area contributed by atoms with Crippen LogP contribution in [0.2, 0.25) is 0 Å². The van der Waals surface area contributed by atoms with Crippen molar-refractivity contribution in [3.63, 3.8) is 0 Å². The SMILES string of the molecule is Cc1ccc(C(=O)C(=O)Nc2ccc(OC(F)F)cc2)cc1. The molecule has 0 spiro atoms. The Hall–Kier alpha value is -2.76. The molecule has 0 aliphatic heterocycles. The Morgan fingerprint density at radius 2 is 1.59 bits per heavy atom. The lowest BCUT2D eigenvalue weighted by Gasteiger charge is -2.07. The molecule has 0 saturated heterocycles. The average Bonchev–Trinajstić information content (AvgIpc) is 2.49. The lowest BCUT2D eigenvalue weighted by molar-refractivity contribution is -0.112. The Morgan fingerprint density at radius 3 is 2.14 bits per heavy atom. The van der Waals surface area contributed by atoms with Gasteiger partial charge in [-0.05, 0) is 31.2 Å². The number of hydrogen-bond donors (Lipinski definition) is 1. The number of Topliss-reactive ketones (excluding diaryl/α,β-unsaturated/α-hetero) is 1. The minimum absolute atomic E-state index is 0.0298. The van der Waals surface area contributed by atoms with Crippen LogP contribution in [0.5, 0.6) is 5.75 Å². The molecule has 0 saturated carbocycles. The van der Waals surface area contributed by atoms with Crippen LogP contribution < -0.4 is 10.1 Å². The molecule has 0 aliphatic carbocycles. The zero-order chi connectivity index (χ0) is 16.1. The van der Waals surface area contributed by atoms with Gasteiger partial charge in [0, 0.05) is 11.3 Å². The Morgan fingerprint density at radius 1 is 1.00 bits per heavy atom. The molecule has 1 N–H and O–H groups in total. The lowest BCUT2D eigenvalue weighted by Crippen LogP contribution is -2.22. The minimum Gasteiger partial charge on any atom is -0.435 e. The standard InChI is InChI=1S/C16H13F2NO3/c1-10-2-4-11(5-3-10)14(20)15(21)19-12-6-8-13(9-7-12)22-16(17)18/h2-9,16H,1H3,(H,19,21). The second-order valence-corrected chi connectivity index (χ2v) is 4.55. The number of nitrogens with one attached hydrogen (secondary N) is 1. The smallest absolute Gasteiger partial charge is 0.387 e. The van der Waals surface area contributed by atoms with Crippen LogP contribution in [0.15, 0.2) is 48.5 Å². The first kappa shape index (κ1) is 15.6. The van der Waals surface area contributed by atoms with Gasteiger partial charge in [-0.25, -0.2) is 0 Å². The Labute approximate surface area is 125 Å². The first-order valence-electron chi connectivity index (χ1n) is 6.43. The van der Waals surface area contributed by atoms with Gasteiger partial charge < -0.3 is 10.1 Å². The summed E-state index contributed by atoms with van der Waals surface area (Å²) in [7, 11) is 0. The van der Waals surface area contributed by atoms with Crippen LogP contribution in [0.1, 0.15) is 15.9 Å². The van der Waals surface area contributed by atoms with E-state index >= 15 is 0 Å². The summed E-state index contributed by atoms with van der Waals surface area (Å²) in [6.45, 7) is -1.04. The van der Waals surface area contributed by atoms with E-state index in [0.717, 1.165) is 5.56 Å². The van der Waals surface area contributed by atoms with E-state index in [4.69, 9.17) is 0 Å². The molecule has 4 nitrogen and oxygen atoms in total. The molecule has 0 heterocycles. The highest BCUT2D eigenvalue weighted by atomic mass is 19.3. The number of carbonyl (C=O) groups is 2. The van der Waals surface area contributed by atoms with Gasteiger partial charge in [-0.1, -0.05) is 29.8 Å². The fourth-order valence-electron chi connectivity index (χ4n) is 1.74. The van der Waals surface area contributed by atoms with Gasteiger partial charge in [0.15, 0.2) is 0 Å². The maximum atomic E-state index is 12.0. The number of amides is 1. The maximum Gasteiger partial charge on any atom is 0.387 e. The predicted molar refractivity (Wildman–Crippen MR) is 77.2 cm³/mol. The van der Waals surface area contributed by atoms with E-state index < -0.39 is 18.3 Å². The Kier molecular flexibility index (Phi) is 4.83. The maximum absolute atomic E-state index is 12.0. The summed E-state index contributed by atoms with van der Waals surface area (Å²) in [6, 6.07) is 11.9. The van der Waals surface area contributed by atoms with E-state index in [1.165, 1.54) is 24.3 Å². The normalized spacial score (nSPS) is 10.4. The van der Waals surface area contributed by atoms with Crippen molar-refractivity contribution < 1.29 is 23.1 Å². The van der Waals surface area contributed by atoms with Crippen molar-refractivity contribution in [3.8, 4) is 5.75 Å². The van der Waals surface area contributed by atoms with Crippen LogP contribution in [0.25, 0.3) is 0 Å². The van der Waals surface area contributed by atoms with Crippen LogP contribution >= 0.6 is 0 Å². The predicted octanol–water partition coefficient (Wildman–Crippen LogP) is 3.42. The minimum atomic E-state index is -2.91.